The molecule has 2 heterocycles. The fourth-order valence-electron chi connectivity index (χ4n) is 2.84. The minimum atomic E-state index is -0.155. The lowest BCUT2D eigenvalue weighted by molar-refractivity contribution is -0.123. The number of nitrogens with one attached hydrogen (secondary N) is 2. The van der Waals surface area contributed by atoms with Gasteiger partial charge in [-0.25, -0.2) is 0 Å². The first kappa shape index (κ1) is 15.4. The molecule has 25 heavy (non-hydrogen) atoms. The molecule has 0 fully saturated rings. The van der Waals surface area contributed by atoms with Crippen LogP contribution in [0.25, 0.3) is 10.9 Å². The zero-order valence-electron chi connectivity index (χ0n) is 13.6. The maximum absolute atomic E-state index is 11.9. The number of hydrogen-bond donors (Lipinski definition) is 2. The predicted octanol–water partition coefficient (Wildman–Crippen LogP) is 2.63. The van der Waals surface area contributed by atoms with Gasteiger partial charge in [-0.3, -0.25) is 4.79 Å². The summed E-state index contributed by atoms with van der Waals surface area (Å²) >= 11 is 0. The molecule has 6 heteroatoms. The van der Waals surface area contributed by atoms with Crippen LogP contribution in [0.3, 0.4) is 0 Å². The minimum absolute atomic E-state index is 0.0342. The van der Waals surface area contributed by atoms with E-state index in [1.807, 2.05) is 24.4 Å². The van der Waals surface area contributed by atoms with Gasteiger partial charge in [-0.2, -0.15) is 0 Å². The van der Waals surface area contributed by atoms with Gasteiger partial charge in [0.2, 0.25) is 6.79 Å². The first-order valence-electron chi connectivity index (χ1n) is 8.14. The quantitative estimate of drug-likeness (QED) is 0.725. The second kappa shape index (κ2) is 6.76. The fraction of sp³-hybridized carbons (Fsp3) is 0.211. The number of fused-ring (bicyclic) bond motifs is 2. The highest BCUT2D eigenvalue weighted by atomic mass is 16.7. The van der Waals surface area contributed by atoms with Gasteiger partial charge in [0.05, 0.1) is 0 Å². The molecule has 6 nitrogen and oxygen atoms in total. The standard InChI is InChI=1S/C19H18N2O4/c22-19(11-23-14-5-6-17-18(9-14)25-12-24-17)20-8-7-13-10-21-16-4-2-1-3-15(13)16/h1-6,9-10,21H,7-8,11-12H2,(H,20,22). The molecule has 1 aliphatic heterocycles. The number of para-hydroxylation sites is 1. The van der Waals surface area contributed by atoms with Gasteiger partial charge in [0, 0.05) is 29.7 Å². The summed E-state index contributed by atoms with van der Waals surface area (Å²) in [6, 6.07) is 13.4. The molecule has 128 valence electrons. The first-order valence-corrected chi connectivity index (χ1v) is 8.14. The molecule has 3 aromatic rings. The minimum Gasteiger partial charge on any atom is -0.484 e. The van der Waals surface area contributed by atoms with E-state index in [1.165, 1.54) is 10.9 Å². The van der Waals surface area contributed by atoms with Crippen molar-refractivity contribution in [2.45, 2.75) is 6.42 Å². The molecular weight excluding hydrogens is 320 g/mol. The molecule has 0 radical (unpaired) electrons. The molecule has 4 rings (SSSR count). The Labute approximate surface area is 144 Å². The summed E-state index contributed by atoms with van der Waals surface area (Å²) in [5.74, 6) is 1.75. The number of aromatic amines is 1. The number of carbonyl (C=O) groups excluding carboxylic acids is 1. The average molecular weight is 338 g/mol. The highest BCUT2D eigenvalue weighted by Crippen LogP contribution is 2.34. The van der Waals surface area contributed by atoms with E-state index in [2.05, 4.69) is 16.4 Å². The van der Waals surface area contributed by atoms with Crippen molar-refractivity contribution in [3.63, 3.8) is 0 Å². The Morgan fingerprint density at radius 1 is 1.16 bits per heavy atom. The number of hydrogen-bond acceptors (Lipinski definition) is 4. The second-order valence-corrected chi connectivity index (χ2v) is 5.76. The number of benzene rings is 2. The molecule has 0 bridgehead atoms. The smallest absolute Gasteiger partial charge is 0.257 e. The van der Waals surface area contributed by atoms with E-state index in [1.54, 1.807) is 18.2 Å². The van der Waals surface area contributed by atoms with Gasteiger partial charge < -0.3 is 24.5 Å². The summed E-state index contributed by atoms with van der Waals surface area (Å²) in [6.07, 6.45) is 2.75. The van der Waals surface area contributed by atoms with Crippen LogP contribution in [0, 0.1) is 0 Å². The third-order valence-electron chi connectivity index (χ3n) is 4.11. The summed E-state index contributed by atoms with van der Waals surface area (Å²) in [6.45, 7) is 0.742. The van der Waals surface area contributed by atoms with E-state index in [9.17, 15) is 4.79 Å². The zero-order chi connectivity index (χ0) is 17.1. The number of rotatable bonds is 6. The lowest BCUT2D eigenvalue weighted by Gasteiger charge is -2.08. The molecule has 1 aromatic heterocycles. The largest absolute Gasteiger partial charge is 0.484 e. The van der Waals surface area contributed by atoms with Crippen LogP contribution in [-0.2, 0) is 11.2 Å². The van der Waals surface area contributed by atoms with Crippen molar-refractivity contribution in [3.05, 3.63) is 54.2 Å². The lowest BCUT2D eigenvalue weighted by atomic mass is 10.1. The predicted molar refractivity (Wildman–Crippen MR) is 93.1 cm³/mol. The number of ether oxygens (including phenoxy) is 3. The number of aromatic nitrogens is 1. The summed E-state index contributed by atoms with van der Waals surface area (Å²) in [4.78, 5) is 15.2. The summed E-state index contributed by atoms with van der Waals surface area (Å²) < 4.78 is 16.0. The highest BCUT2D eigenvalue weighted by Gasteiger charge is 2.14. The van der Waals surface area contributed by atoms with E-state index < -0.39 is 0 Å². The third kappa shape index (κ3) is 3.38. The van der Waals surface area contributed by atoms with Gasteiger partial charge in [-0.05, 0) is 30.2 Å². The van der Waals surface area contributed by atoms with Crippen LogP contribution in [0.1, 0.15) is 5.56 Å². The van der Waals surface area contributed by atoms with Crippen molar-refractivity contribution in [2.24, 2.45) is 0 Å². The Hall–Kier alpha value is -3.15. The Bertz CT molecular complexity index is 903. The lowest BCUT2D eigenvalue weighted by Crippen LogP contribution is -2.30. The Morgan fingerprint density at radius 2 is 2.04 bits per heavy atom. The van der Waals surface area contributed by atoms with Crippen LogP contribution in [0.15, 0.2) is 48.7 Å². The van der Waals surface area contributed by atoms with E-state index in [-0.39, 0.29) is 19.3 Å². The summed E-state index contributed by atoms with van der Waals surface area (Å²) in [7, 11) is 0. The van der Waals surface area contributed by atoms with E-state index in [0.717, 1.165) is 11.9 Å². The van der Waals surface area contributed by atoms with Crippen LogP contribution >= 0.6 is 0 Å². The van der Waals surface area contributed by atoms with Crippen molar-refractivity contribution in [1.82, 2.24) is 10.3 Å². The topological polar surface area (TPSA) is 72.6 Å². The van der Waals surface area contributed by atoms with Crippen molar-refractivity contribution in [2.75, 3.05) is 19.9 Å². The SMILES string of the molecule is O=C(COc1ccc2c(c1)OCO2)NCCc1c[nH]c2ccccc12. The summed E-state index contributed by atoms with van der Waals surface area (Å²) in [5.41, 5.74) is 2.29. The van der Waals surface area contributed by atoms with Gasteiger partial charge in [0.1, 0.15) is 5.75 Å². The van der Waals surface area contributed by atoms with Crippen LogP contribution in [0.4, 0.5) is 0 Å². The van der Waals surface area contributed by atoms with Gasteiger partial charge in [0.15, 0.2) is 18.1 Å². The van der Waals surface area contributed by atoms with Gasteiger partial charge in [-0.1, -0.05) is 18.2 Å². The zero-order valence-corrected chi connectivity index (χ0v) is 13.6. The monoisotopic (exact) mass is 338 g/mol. The Balaban J connectivity index is 1.25. The first-order chi connectivity index (χ1) is 12.3. The number of carbonyl (C=O) groups is 1. The van der Waals surface area contributed by atoms with E-state index in [4.69, 9.17) is 14.2 Å². The van der Waals surface area contributed by atoms with E-state index in [0.29, 0.717) is 23.8 Å². The molecule has 0 aliphatic carbocycles. The van der Waals surface area contributed by atoms with Crippen molar-refractivity contribution < 1.29 is 19.0 Å². The molecule has 0 saturated heterocycles. The van der Waals surface area contributed by atoms with Crippen molar-refractivity contribution in [1.29, 1.82) is 0 Å². The molecule has 2 N–H and O–H groups in total. The average Bonchev–Trinajstić information content (AvgIpc) is 3.26. The molecule has 1 aliphatic rings. The van der Waals surface area contributed by atoms with Gasteiger partial charge >= 0.3 is 0 Å². The molecule has 0 spiro atoms. The fourth-order valence-corrected chi connectivity index (χ4v) is 2.84. The normalized spacial score (nSPS) is 12.3. The molecule has 0 saturated carbocycles. The van der Waals surface area contributed by atoms with Crippen molar-refractivity contribution in [3.8, 4) is 17.2 Å². The van der Waals surface area contributed by atoms with Crippen LogP contribution in [0.5, 0.6) is 17.2 Å². The molecular formula is C19H18N2O4. The Morgan fingerprint density at radius 3 is 3.00 bits per heavy atom. The number of H-pyrrole nitrogens is 1. The summed E-state index contributed by atoms with van der Waals surface area (Å²) in [5, 5.41) is 4.06. The molecule has 2 aromatic carbocycles. The highest BCUT2D eigenvalue weighted by molar-refractivity contribution is 5.83. The van der Waals surface area contributed by atoms with Crippen LogP contribution in [0.2, 0.25) is 0 Å². The number of amides is 1. The molecule has 1 amide bonds. The van der Waals surface area contributed by atoms with Gasteiger partial charge in [0.25, 0.3) is 5.91 Å². The van der Waals surface area contributed by atoms with Crippen LogP contribution < -0.4 is 19.5 Å². The van der Waals surface area contributed by atoms with Gasteiger partial charge in [-0.15, -0.1) is 0 Å². The molecule has 0 unspecified atom stereocenters. The third-order valence-corrected chi connectivity index (χ3v) is 4.11. The van der Waals surface area contributed by atoms with Crippen LogP contribution in [-0.4, -0.2) is 30.8 Å². The van der Waals surface area contributed by atoms with E-state index >= 15 is 0 Å². The maximum atomic E-state index is 11.9. The van der Waals surface area contributed by atoms with Crippen molar-refractivity contribution >= 4 is 16.8 Å². The molecule has 0 atom stereocenters. The second-order valence-electron chi connectivity index (χ2n) is 5.76. The maximum Gasteiger partial charge on any atom is 0.257 e. The Kier molecular flexibility index (Phi) is 4.16.